The minimum Gasteiger partial charge on any atom is -0.329 e. The molecule has 78 valence electrons. The molecule has 0 saturated carbocycles. The number of nitrogens with two attached hydrogens (primary N) is 1. The van der Waals surface area contributed by atoms with E-state index in [1.165, 1.54) is 37.9 Å². The van der Waals surface area contributed by atoms with E-state index in [1.54, 1.807) is 0 Å². The Hall–Kier alpha value is 0.310. The van der Waals surface area contributed by atoms with Crippen molar-refractivity contribution in [2.24, 2.45) is 11.7 Å². The predicted molar refractivity (Wildman–Crippen MR) is 62.2 cm³/mol. The molecule has 2 heteroatoms. The zero-order chi connectivity index (χ0) is 9.73. The normalized spacial score (nSPS) is 28.6. The maximum atomic E-state index is 5.86. The van der Waals surface area contributed by atoms with Gasteiger partial charge < -0.3 is 5.73 Å². The van der Waals surface area contributed by atoms with E-state index in [-0.39, 0.29) is 0 Å². The molecule has 0 aromatic carbocycles. The lowest BCUT2D eigenvalue weighted by Crippen LogP contribution is -2.31. The Kier molecular flexibility index (Phi) is 4.60. The highest BCUT2D eigenvalue weighted by atomic mass is 32.2. The van der Waals surface area contributed by atoms with Crippen LogP contribution in [0.4, 0.5) is 0 Å². The van der Waals surface area contributed by atoms with Crippen molar-refractivity contribution in [3.05, 3.63) is 0 Å². The molecule has 1 aliphatic heterocycles. The van der Waals surface area contributed by atoms with Gasteiger partial charge in [0.1, 0.15) is 0 Å². The number of hydrogen-bond acceptors (Lipinski definition) is 2. The molecule has 0 amide bonds. The second kappa shape index (κ2) is 5.26. The molecule has 13 heavy (non-hydrogen) atoms. The van der Waals surface area contributed by atoms with Crippen molar-refractivity contribution in [2.75, 3.05) is 12.3 Å². The number of thioether (sulfide) groups is 1. The fourth-order valence-corrected chi connectivity index (χ4v) is 3.46. The fourth-order valence-electron chi connectivity index (χ4n) is 2.05. The van der Waals surface area contributed by atoms with E-state index in [9.17, 15) is 0 Å². The van der Waals surface area contributed by atoms with Crippen LogP contribution in [0.3, 0.4) is 0 Å². The molecular weight excluding hydrogens is 178 g/mol. The van der Waals surface area contributed by atoms with Crippen LogP contribution in [0.2, 0.25) is 0 Å². The van der Waals surface area contributed by atoms with Crippen molar-refractivity contribution in [3.8, 4) is 0 Å². The van der Waals surface area contributed by atoms with Crippen LogP contribution >= 0.6 is 11.8 Å². The zero-order valence-electron chi connectivity index (χ0n) is 9.01. The summed E-state index contributed by atoms with van der Waals surface area (Å²) in [5, 5.41) is 0. The van der Waals surface area contributed by atoms with Crippen molar-refractivity contribution in [1.82, 2.24) is 0 Å². The standard InChI is InChI=1S/C11H23NS/c1-10(2)5-3-6-11(9-12)7-4-8-13-11/h10H,3-9,12H2,1-2H3. The van der Waals surface area contributed by atoms with Crippen LogP contribution < -0.4 is 5.73 Å². The van der Waals surface area contributed by atoms with E-state index in [4.69, 9.17) is 5.73 Å². The van der Waals surface area contributed by atoms with Gasteiger partial charge >= 0.3 is 0 Å². The van der Waals surface area contributed by atoms with Gasteiger partial charge in [0, 0.05) is 11.3 Å². The molecule has 1 unspecified atom stereocenters. The molecule has 0 aromatic rings. The van der Waals surface area contributed by atoms with Crippen LogP contribution in [0.5, 0.6) is 0 Å². The molecule has 1 heterocycles. The molecule has 0 radical (unpaired) electrons. The highest BCUT2D eigenvalue weighted by molar-refractivity contribution is 8.00. The third kappa shape index (κ3) is 3.51. The molecule has 0 aliphatic carbocycles. The molecule has 1 atom stereocenters. The Morgan fingerprint density at radius 3 is 2.69 bits per heavy atom. The highest BCUT2D eigenvalue weighted by Crippen LogP contribution is 2.41. The molecule has 0 spiro atoms. The van der Waals surface area contributed by atoms with E-state index in [1.807, 2.05) is 0 Å². The molecule has 1 saturated heterocycles. The minimum atomic E-state index is 0.467. The summed E-state index contributed by atoms with van der Waals surface area (Å²) < 4.78 is 0.467. The smallest absolute Gasteiger partial charge is 0.0282 e. The fraction of sp³-hybridized carbons (Fsp3) is 1.00. The first-order valence-corrected chi connectivity index (χ1v) is 6.51. The van der Waals surface area contributed by atoms with Crippen LogP contribution in [-0.4, -0.2) is 17.0 Å². The van der Waals surface area contributed by atoms with Gasteiger partial charge in [0.05, 0.1) is 0 Å². The van der Waals surface area contributed by atoms with Crippen LogP contribution in [0.1, 0.15) is 46.0 Å². The maximum Gasteiger partial charge on any atom is 0.0282 e. The Balaban J connectivity index is 2.23. The largest absolute Gasteiger partial charge is 0.329 e. The Morgan fingerprint density at radius 1 is 1.46 bits per heavy atom. The van der Waals surface area contributed by atoms with E-state index in [0.29, 0.717) is 4.75 Å². The third-order valence-corrected chi connectivity index (χ3v) is 4.65. The second-order valence-electron chi connectivity index (χ2n) is 4.63. The lowest BCUT2D eigenvalue weighted by Gasteiger charge is -2.26. The summed E-state index contributed by atoms with van der Waals surface area (Å²) in [7, 11) is 0. The highest BCUT2D eigenvalue weighted by Gasteiger charge is 2.32. The van der Waals surface area contributed by atoms with Gasteiger partial charge in [-0.05, 0) is 30.9 Å². The molecule has 1 fully saturated rings. The number of hydrogen-bond donors (Lipinski definition) is 1. The molecule has 2 N–H and O–H groups in total. The van der Waals surface area contributed by atoms with Gasteiger partial charge in [-0.2, -0.15) is 11.8 Å². The van der Waals surface area contributed by atoms with E-state index in [0.717, 1.165) is 12.5 Å². The second-order valence-corrected chi connectivity index (χ2v) is 6.19. The monoisotopic (exact) mass is 201 g/mol. The van der Waals surface area contributed by atoms with Crippen molar-refractivity contribution < 1.29 is 0 Å². The summed E-state index contributed by atoms with van der Waals surface area (Å²) in [6.45, 7) is 5.49. The molecular formula is C11H23NS. The topological polar surface area (TPSA) is 26.0 Å². The molecule has 1 aliphatic rings. The molecule has 0 bridgehead atoms. The zero-order valence-corrected chi connectivity index (χ0v) is 9.83. The summed E-state index contributed by atoms with van der Waals surface area (Å²) >= 11 is 2.12. The molecule has 1 nitrogen and oxygen atoms in total. The van der Waals surface area contributed by atoms with Gasteiger partial charge in [-0.15, -0.1) is 0 Å². The van der Waals surface area contributed by atoms with Gasteiger partial charge in [0.15, 0.2) is 0 Å². The third-order valence-electron chi connectivity index (χ3n) is 2.97. The first-order valence-electron chi connectivity index (χ1n) is 5.52. The van der Waals surface area contributed by atoms with Gasteiger partial charge in [-0.1, -0.05) is 26.7 Å². The summed E-state index contributed by atoms with van der Waals surface area (Å²) in [4.78, 5) is 0. The van der Waals surface area contributed by atoms with E-state index >= 15 is 0 Å². The van der Waals surface area contributed by atoms with Crippen LogP contribution in [0.25, 0.3) is 0 Å². The van der Waals surface area contributed by atoms with Gasteiger partial charge in [0.2, 0.25) is 0 Å². The van der Waals surface area contributed by atoms with Crippen LogP contribution in [0, 0.1) is 5.92 Å². The van der Waals surface area contributed by atoms with Gasteiger partial charge in [0.25, 0.3) is 0 Å². The Morgan fingerprint density at radius 2 is 2.23 bits per heavy atom. The summed E-state index contributed by atoms with van der Waals surface area (Å²) in [5.74, 6) is 2.18. The summed E-state index contributed by atoms with van der Waals surface area (Å²) in [6, 6.07) is 0. The maximum absolute atomic E-state index is 5.86. The Bertz CT molecular complexity index is 139. The van der Waals surface area contributed by atoms with Crippen molar-refractivity contribution >= 4 is 11.8 Å². The first kappa shape index (κ1) is 11.4. The quantitative estimate of drug-likeness (QED) is 0.740. The van der Waals surface area contributed by atoms with Crippen LogP contribution in [0.15, 0.2) is 0 Å². The van der Waals surface area contributed by atoms with E-state index < -0.39 is 0 Å². The number of rotatable bonds is 5. The van der Waals surface area contributed by atoms with E-state index in [2.05, 4.69) is 25.6 Å². The summed E-state index contributed by atoms with van der Waals surface area (Å²) in [5.41, 5.74) is 5.86. The van der Waals surface area contributed by atoms with Crippen LogP contribution in [-0.2, 0) is 0 Å². The summed E-state index contributed by atoms with van der Waals surface area (Å²) in [6.07, 6.45) is 6.80. The van der Waals surface area contributed by atoms with Gasteiger partial charge in [-0.25, -0.2) is 0 Å². The molecule has 0 aromatic heterocycles. The van der Waals surface area contributed by atoms with Crippen molar-refractivity contribution in [2.45, 2.75) is 50.7 Å². The Labute approximate surface area is 86.8 Å². The average molecular weight is 201 g/mol. The van der Waals surface area contributed by atoms with Crippen molar-refractivity contribution in [1.29, 1.82) is 0 Å². The minimum absolute atomic E-state index is 0.467. The lowest BCUT2D eigenvalue weighted by molar-refractivity contribution is 0.460. The average Bonchev–Trinajstić information content (AvgIpc) is 2.53. The van der Waals surface area contributed by atoms with Gasteiger partial charge in [-0.3, -0.25) is 0 Å². The SMILES string of the molecule is CC(C)CCCC1(CN)CCCS1. The molecule has 1 rings (SSSR count). The van der Waals surface area contributed by atoms with Crippen molar-refractivity contribution in [3.63, 3.8) is 0 Å². The first-order chi connectivity index (χ1) is 6.18. The lowest BCUT2D eigenvalue weighted by atomic mass is 9.94. The predicted octanol–water partition coefficient (Wildman–Crippen LogP) is 3.04.